The van der Waals surface area contributed by atoms with Gasteiger partial charge in [-0.3, -0.25) is 10.1 Å². The molecule has 10 heteroatoms. The van der Waals surface area contributed by atoms with Crippen LogP contribution >= 0.6 is 22.7 Å². The van der Waals surface area contributed by atoms with Gasteiger partial charge in [0.2, 0.25) is 5.91 Å². The number of hydrogen-bond acceptors (Lipinski definition) is 9. The van der Waals surface area contributed by atoms with Gasteiger partial charge >= 0.3 is 0 Å². The minimum absolute atomic E-state index is 0.229. The molecule has 8 nitrogen and oxygen atoms in total. The van der Waals surface area contributed by atoms with Crippen LogP contribution in [0, 0.1) is 11.8 Å². The second kappa shape index (κ2) is 13.5. The van der Waals surface area contributed by atoms with Gasteiger partial charge in [0.05, 0.1) is 18.9 Å². The Hall–Kier alpha value is -2.63. The predicted octanol–water partition coefficient (Wildman–Crippen LogP) is 5.42. The number of nitrogens with two attached hydrogens (primary N) is 1. The first-order valence-electron chi connectivity index (χ1n) is 11.0. The van der Waals surface area contributed by atoms with Crippen LogP contribution < -0.4 is 5.73 Å². The van der Waals surface area contributed by atoms with Gasteiger partial charge in [0, 0.05) is 29.9 Å². The molecular weight excluding hydrogens is 486 g/mol. The second-order valence-corrected chi connectivity index (χ2v) is 10.0. The fourth-order valence-corrected chi connectivity index (χ4v) is 4.77. The van der Waals surface area contributed by atoms with Crippen LogP contribution in [0.25, 0.3) is 16.8 Å². The topological polar surface area (TPSA) is 117 Å². The van der Waals surface area contributed by atoms with Gasteiger partial charge in [0.25, 0.3) is 0 Å². The summed E-state index contributed by atoms with van der Waals surface area (Å²) in [7, 11) is 3.07. The maximum Gasteiger partial charge on any atom is 0.244 e. The monoisotopic (exact) mass is 519 g/mol. The van der Waals surface area contributed by atoms with Crippen molar-refractivity contribution >= 4 is 34.7 Å². The van der Waals surface area contributed by atoms with Gasteiger partial charge in [-0.25, -0.2) is 14.9 Å². The van der Waals surface area contributed by atoms with Crippen LogP contribution in [0.15, 0.2) is 53.0 Å². The third-order valence-electron chi connectivity index (χ3n) is 5.07. The van der Waals surface area contributed by atoms with Crippen LogP contribution in [0.2, 0.25) is 0 Å². The Morgan fingerprint density at radius 1 is 1.14 bits per heavy atom. The Bertz CT molecular complexity index is 1090. The summed E-state index contributed by atoms with van der Waals surface area (Å²) in [4.78, 5) is 25.3. The van der Waals surface area contributed by atoms with Gasteiger partial charge in [0.15, 0.2) is 5.60 Å². The number of carbonyl (C=O) groups excluding carboxylic acids is 1. The molecule has 3 N–H and O–H groups in total. The molecule has 1 amide bonds. The molecule has 2 aromatic rings. The molecule has 2 heterocycles. The molecule has 0 spiro atoms. The molecule has 0 aliphatic rings. The first-order chi connectivity index (χ1) is 16.6. The highest BCUT2D eigenvalue weighted by atomic mass is 32.1. The first kappa shape index (κ1) is 28.6. The number of nitrogens with zero attached hydrogens (tertiary/aromatic N) is 2. The molecule has 0 aliphatic carbocycles. The molecule has 0 fully saturated rings. The van der Waals surface area contributed by atoms with Crippen molar-refractivity contribution in [1.82, 2.24) is 9.97 Å². The summed E-state index contributed by atoms with van der Waals surface area (Å²) in [6.07, 6.45) is 12.2. The van der Waals surface area contributed by atoms with Gasteiger partial charge in [-0.15, -0.1) is 22.7 Å². The molecular formula is C25H33N3O5S2. The van der Waals surface area contributed by atoms with E-state index in [1.54, 1.807) is 20.1 Å². The van der Waals surface area contributed by atoms with E-state index >= 15 is 0 Å². The number of primary amides is 1. The number of thiazole rings is 2. The van der Waals surface area contributed by atoms with Crippen LogP contribution in [0.1, 0.15) is 38.4 Å². The summed E-state index contributed by atoms with van der Waals surface area (Å²) in [5.74, 6) is 0.0551. The second-order valence-electron chi connectivity index (χ2n) is 8.30. The van der Waals surface area contributed by atoms with Gasteiger partial charge in [-0.2, -0.15) is 0 Å². The van der Waals surface area contributed by atoms with Crippen LogP contribution in [0.4, 0.5) is 0 Å². The van der Waals surface area contributed by atoms with Gasteiger partial charge in [-0.1, -0.05) is 45.1 Å². The van der Waals surface area contributed by atoms with E-state index in [1.807, 2.05) is 48.1 Å². The van der Waals surface area contributed by atoms with Crippen LogP contribution in [-0.4, -0.2) is 41.5 Å². The Kier molecular flexibility index (Phi) is 11.0. The van der Waals surface area contributed by atoms with Crippen molar-refractivity contribution in [3.8, 4) is 10.7 Å². The molecule has 0 radical (unpaired) electrons. The Labute approximate surface area is 214 Å². The number of carbonyl (C=O) groups is 1. The van der Waals surface area contributed by atoms with Crippen LogP contribution in [0.5, 0.6) is 0 Å². The van der Waals surface area contributed by atoms with Crippen LogP contribution in [0.3, 0.4) is 0 Å². The molecule has 190 valence electrons. The number of aromatic nitrogens is 2. The minimum Gasteiger partial charge on any atom is -0.501 e. The smallest absolute Gasteiger partial charge is 0.244 e. The molecule has 1 unspecified atom stereocenters. The minimum atomic E-state index is -1.07. The quantitative estimate of drug-likeness (QED) is 0.119. The fourth-order valence-electron chi connectivity index (χ4n) is 3.07. The standard InChI is InChI=1S/C25H33N3O5S2/c1-16(2)9-7-8-12-25(4,33-30)24-28-19(15-35-24)23-27-18(14-34-23)10-11-20(31-5)17(3)21(32-6)13-22(26)29/h7-17,20,30H,1-6H3,(H2,26,29)/b9-7+,11-10+,12-8+,21-13+/t17-,20+,25?/m1/s1. The third-order valence-corrected chi connectivity index (χ3v) is 7.02. The van der Waals surface area contributed by atoms with E-state index in [9.17, 15) is 10.1 Å². The molecule has 0 aromatic carbocycles. The third kappa shape index (κ3) is 8.22. The van der Waals surface area contributed by atoms with Crippen molar-refractivity contribution in [2.45, 2.75) is 39.4 Å². The zero-order valence-corrected chi connectivity index (χ0v) is 22.4. The zero-order valence-electron chi connectivity index (χ0n) is 20.8. The van der Waals surface area contributed by atoms with Crippen molar-refractivity contribution in [1.29, 1.82) is 0 Å². The number of ether oxygens (including phenoxy) is 2. The van der Waals surface area contributed by atoms with E-state index in [1.165, 1.54) is 35.9 Å². The maximum atomic E-state index is 11.2. The highest BCUT2D eigenvalue weighted by Gasteiger charge is 2.29. The average Bonchev–Trinajstić information content (AvgIpc) is 3.50. The molecule has 2 rings (SSSR count). The first-order valence-corrected chi connectivity index (χ1v) is 12.8. The molecule has 2 aromatic heterocycles. The van der Waals surface area contributed by atoms with Crippen molar-refractivity contribution in [3.05, 3.63) is 63.7 Å². The van der Waals surface area contributed by atoms with E-state index in [4.69, 9.17) is 20.1 Å². The molecule has 35 heavy (non-hydrogen) atoms. The summed E-state index contributed by atoms with van der Waals surface area (Å²) in [6.45, 7) is 7.81. The van der Waals surface area contributed by atoms with Crippen molar-refractivity contribution in [2.75, 3.05) is 14.2 Å². The predicted molar refractivity (Wildman–Crippen MR) is 141 cm³/mol. The average molecular weight is 520 g/mol. The zero-order chi connectivity index (χ0) is 26.0. The number of methoxy groups -OCH3 is 2. The Morgan fingerprint density at radius 2 is 1.89 bits per heavy atom. The van der Waals surface area contributed by atoms with E-state index < -0.39 is 11.5 Å². The lowest BCUT2D eigenvalue weighted by atomic mass is 10.0. The lowest BCUT2D eigenvalue weighted by Crippen LogP contribution is -2.22. The Morgan fingerprint density at radius 3 is 2.49 bits per heavy atom. The van der Waals surface area contributed by atoms with E-state index in [-0.39, 0.29) is 12.0 Å². The SMILES string of the molecule is CO/C(=C/C(N)=O)[C@H](C)[C@H](/C=C/c1csc(-c2csc(C(C)(/C=C/C=C/C(C)C)OO)n2)n1)OC. The summed E-state index contributed by atoms with van der Waals surface area (Å²) in [5, 5.41) is 14.7. The number of amides is 1. The van der Waals surface area contributed by atoms with E-state index in [0.29, 0.717) is 22.4 Å². The molecule has 0 aliphatic heterocycles. The molecule has 0 saturated heterocycles. The highest BCUT2D eigenvalue weighted by Crippen LogP contribution is 2.33. The van der Waals surface area contributed by atoms with Crippen LogP contribution in [-0.2, 0) is 24.8 Å². The lowest BCUT2D eigenvalue weighted by molar-refractivity contribution is -0.307. The fraction of sp³-hybridized carbons (Fsp3) is 0.400. The Balaban J connectivity index is 2.18. The van der Waals surface area contributed by atoms with Gasteiger partial charge in [0.1, 0.15) is 21.5 Å². The van der Waals surface area contributed by atoms with Crippen molar-refractivity contribution in [3.63, 3.8) is 0 Å². The summed E-state index contributed by atoms with van der Waals surface area (Å²) in [5.41, 5.74) is 5.63. The summed E-state index contributed by atoms with van der Waals surface area (Å²) < 4.78 is 10.8. The lowest BCUT2D eigenvalue weighted by Gasteiger charge is -2.21. The normalized spacial score (nSPS) is 16.4. The number of allylic oxidation sites excluding steroid dienone is 3. The molecule has 0 saturated carbocycles. The number of rotatable bonds is 13. The highest BCUT2D eigenvalue weighted by molar-refractivity contribution is 7.14. The number of hydrogen-bond donors (Lipinski definition) is 2. The van der Waals surface area contributed by atoms with E-state index in [0.717, 1.165) is 10.7 Å². The maximum absolute atomic E-state index is 11.2. The largest absolute Gasteiger partial charge is 0.501 e. The van der Waals surface area contributed by atoms with Crippen molar-refractivity contribution in [2.24, 2.45) is 17.6 Å². The van der Waals surface area contributed by atoms with E-state index in [2.05, 4.69) is 23.8 Å². The van der Waals surface area contributed by atoms with Gasteiger partial charge < -0.3 is 15.2 Å². The molecule has 0 bridgehead atoms. The summed E-state index contributed by atoms with van der Waals surface area (Å²) >= 11 is 2.84. The molecule has 3 atom stereocenters. The van der Waals surface area contributed by atoms with Gasteiger partial charge in [-0.05, 0) is 25.0 Å². The summed E-state index contributed by atoms with van der Waals surface area (Å²) in [6, 6.07) is 0. The van der Waals surface area contributed by atoms with Crippen molar-refractivity contribution < 1.29 is 24.4 Å².